The molecule has 0 fully saturated rings. The van der Waals surface area contributed by atoms with E-state index in [1.807, 2.05) is 0 Å². The van der Waals surface area contributed by atoms with E-state index in [4.69, 9.17) is 13.0 Å². The lowest BCUT2D eigenvalue weighted by Gasteiger charge is -1.74. The average molecular weight is 119 g/mol. The summed E-state index contributed by atoms with van der Waals surface area (Å²) >= 11 is 0. The molecule has 0 amide bonds. The van der Waals surface area contributed by atoms with Crippen molar-refractivity contribution in [1.29, 1.82) is 0 Å². The molecule has 0 aliphatic carbocycles. The van der Waals surface area contributed by atoms with Crippen molar-refractivity contribution in [3.05, 3.63) is 12.1 Å². The van der Waals surface area contributed by atoms with Gasteiger partial charge in [0, 0.05) is 12.1 Å². The van der Waals surface area contributed by atoms with Crippen LogP contribution in [0.25, 0.3) is 0 Å². The third kappa shape index (κ3) is 4.68. The van der Waals surface area contributed by atoms with E-state index in [1.54, 1.807) is 0 Å². The molecule has 0 aromatic heterocycles. The van der Waals surface area contributed by atoms with Crippen LogP contribution in [0.4, 0.5) is 0 Å². The van der Waals surface area contributed by atoms with E-state index in [1.165, 1.54) is 0 Å². The van der Waals surface area contributed by atoms with Crippen molar-refractivity contribution in [2.75, 3.05) is 0 Å². The molecule has 8 heavy (non-hydrogen) atoms. The van der Waals surface area contributed by atoms with Gasteiger partial charge in [-0.2, -0.15) is 0 Å². The van der Waals surface area contributed by atoms with Crippen molar-refractivity contribution in [3.63, 3.8) is 0 Å². The first-order valence-electron chi connectivity index (χ1n) is 2.61. The Hall–Kier alpha value is -1.32. The molecule has 0 atom stereocenters. The molecule has 4 nitrogen and oxygen atoms in total. The van der Waals surface area contributed by atoms with E-state index < -0.39 is 24.0 Å². The van der Waals surface area contributed by atoms with Gasteiger partial charge < -0.3 is 10.2 Å². The fraction of sp³-hybridized carbons (Fsp3) is 0. The van der Waals surface area contributed by atoms with Crippen LogP contribution in [0.15, 0.2) is 12.1 Å². The Morgan fingerprint density at radius 2 is 1.50 bits per heavy atom. The summed E-state index contributed by atoms with van der Waals surface area (Å²) in [5.41, 5.74) is 0. The Balaban J connectivity index is 4.67. The highest BCUT2D eigenvalue weighted by Crippen LogP contribution is 1.70. The zero-order valence-corrected chi connectivity index (χ0v) is 3.71. The van der Waals surface area contributed by atoms with E-state index in [-0.39, 0.29) is 0 Å². The van der Waals surface area contributed by atoms with Crippen molar-refractivity contribution < 1.29 is 22.5 Å². The van der Waals surface area contributed by atoms with Gasteiger partial charge in [0.2, 0.25) is 0 Å². The van der Waals surface area contributed by atoms with Crippen molar-refractivity contribution in [2.24, 2.45) is 0 Å². The second kappa shape index (κ2) is 2.79. The molecule has 0 rings (SSSR count). The van der Waals surface area contributed by atoms with Crippen LogP contribution in [-0.4, -0.2) is 22.2 Å². The smallest absolute Gasteiger partial charge is 0.328 e. The van der Waals surface area contributed by atoms with Crippen LogP contribution in [0.5, 0.6) is 0 Å². The second-order valence-electron chi connectivity index (χ2n) is 0.860. The Morgan fingerprint density at radius 1 is 1.25 bits per heavy atom. The number of carboxylic acids is 2. The van der Waals surface area contributed by atoms with Crippen LogP contribution in [0.3, 0.4) is 0 Å². The first-order valence-corrected chi connectivity index (χ1v) is 1.61. The maximum absolute atomic E-state index is 9.82. The summed E-state index contributed by atoms with van der Waals surface area (Å²) in [5, 5.41) is 15.9. The molecule has 0 aromatic rings. The molecule has 0 heterocycles. The van der Waals surface area contributed by atoms with Gasteiger partial charge in [0.05, 0.1) is 2.74 Å². The van der Waals surface area contributed by atoms with Crippen molar-refractivity contribution in [3.8, 4) is 0 Å². The fourth-order valence-corrected chi connectivity index (χ4v) is 0.107. The zero-order valence-electron chi connectivity index (χ0n) is 5.71. The molecule has 0 unspecified atom stereocenters. The maximum Gasteiger partial charge on any atom is 0.328 e. The number of hydrogen-bond acceptors (Lipinski definition) is 2. The molecule has 0 spiro atoms. The Morgan fingerprint density at radius 3 is 1.62 bits per heavy atom. The average Bonchev–Trinajstić information content (AvgIpc) is 1.84. The van der Waals surface area contributed by atoms with Gasteiger partial charge in [0.15, 0.2) is 0 Å². The monoisotopic (exact) mass is 119 g/mol. The summed E-state index contributed by atoms with van der Waals surface area (Å²) < 4.78 is 12.9. The van der Waals surface area contributed by atoms with Crippen LogP contribution in [0, 0.1) is 0 Å². The SMILES string of the molecule is [2H]C(C(=O)O)=C([2H])[13C](=O)O. The summed E-state index contributed by atoms with van der Waals surface area (Å²) in [6.45, 7) is 0. The summed E-state index contributed by atoms with van der Waals surface area (Å²) in [6, 6.07) is -2.43. The predicted molar refractivity (Wildman–Crippen MR) is 24.4 cm³/mol. The van der Waals surface area contributed by atoms with Crippen LogP contribution in [0.2, 0.25) is 0 Å². The first-order chi connectivity index (χ1) is 4.46. The Labute approximate surface area is 47.9 Å². The molecule has 0 saturated heterocycles. The molecule has 4 heteroatoms. The van der Waals surface area contributed by atoms with Gasteiger partial charge in [0.1, 0.15) is 0 Å². The molecule has 0 aromatic carbocycles. The Bertz CT molecular complexity index is 185. The van der Waals surface area contributed by atoms with Crippen LogP contribution >= 0.6 is 0 Å². The largest absolute Gasteiger partial charge is 0.478 e. The number of carboxylic acid groups (broad SMARTS) is 2. The third-order valence-electron chi connectivity index (χ3n) is 0.276. The van der Waals surface area contributed by atoms with Gasteiger partial charge in [-0.25, -0.2) is 9.59 Å². The first kappa shape index (κ1) is 3.65. The Kier molecular flexibility index (Phi) is 1.27. The number of carbonyl (C=O) groups is 2. The molecule has 44 valence electrons. The van der Waals surface area contributed by atoms with E-state index in [0.717, 1.165) is 0 Å². The highest BCUT2D eigenvalue weighted by Gasteiger charge is 1.88. The van der Waals surface area contributed by atoms with E-state index >= 15 is 0 Å². The zero-order chi connectivity index (χ0) is 8.31. The molecule has 0 aliphatic rings. The van der Waals surface area contributed by atoms with Crippen LogP contribution in [0.1, 0.15) is 2.74 Å². The summed E-state index contributed by atoms with van der Waals surface area (Å²) in [4.78, 5) is 19.6. The molecule has 0 aliphatic heterocycles. The van der Waals surface area contributed by atoms with Crippen LogP contribution in [-0.2, 0) is 9.59 Å². The van der Waals surface area contributed by atoms with Crippen molar-refractivity contribution in [2.45, 2.75) is 0 Å². The topological polar surface area (TPSA) is 74.6 Å². The molecular weight excluding hydrogens is 113 g/mol. The molecule has 0 bridgehead atoms. The molecule has 0 radical (unpaired) electrons. The predicted octanol–water partition coefficient (Wildman–Crippen LogP) is -0.288. The highest BCUT2D eigenvalue weighted by molar-refractivity contribution is 5.89. The highest BCUT2D eigenvalue weighted by atomic mass is 16.5. The van der Waals surface area contributed by atoms with Gasteiger partial charge in [-0.15, -0.1) is 0 Å². The van der Waals surface area contributed by atoms with E-state index in [9.17, 15) is 9.59 Å². The van der Waals surface area contributed by atoms with E-state index in [2.05, 4.69) is 0 Å². The van der Waals surface area contributed by atoms with Crippen LogP contribution < -0.4 is 0 Å². The summed E-state index contributed by atoms with van der Waals surface area (Å²) in [6.07, 6.45) is 0. The van der Waals surface area contributed by atoms with Gasteiger partial charge in [-0.05, 0) is 0 Å². The second-order valence-corrected chi connectivity index (χ2v) is 0.860. The van der Waals surface area contributed by atoms with Crippen molar-refractivity contribution in [1.82, 2.24) is 0 Å². The quantitative estimate of drug-likeness (QED) is 0.387. The van der Waals surface area contributed by atoms with Gasteiger partial charge in [0.25, 0.3) is 0 Å². The lowest BCUT2D eigenvalue weighted by molar-refractivity contribution is -0.134. The number of hydrogen-bond donors (Lipinski definition) is 2. The van der Waals surface area contributed by atoms with Gasteiger partial charge in [-0.3, -0.25) is 0 Å². The summed E-state index contributed by atoms with van der Waals surface area (Å²) in [7, 11) is 0. The minimum atomic E-state index is -1.72. The lowest BCUT2D eigenvalue weighted by atomic mass is 10.6. The lowest BCUT2D eigenvalue weighted by Crippen LogP contribution is -1.91. The van der Waals surface area contributed by atoms with E-state index in [0.29, 0.717) is 0 Å². The summed E-state index contributed by atoms with van der Waals surface area (Å²) in [5.74, 6) is -3.43. The number of rotatable bonds is 2. The normalized spacial score (nSPS) is 15.5. The number of aliphatic carboxylic acids is 2. The minimum absolute atomic E-state index is 1.22. The van der Waals surface area contributed by atoms with Gasteiger partial charge in [-0.1, -0.05) is 0 Å². The maximum atomic E-state index is 9.82. The van der Waals surface area contributed by atoms with Gasteiger partial charge >= 0.3 is 11.9 Å². The molecule has 0 saturated carbocycles. The third-order valence-corrected chi connectivity index (χ3v) is 0.276. The fourth-order valence-electron chi connectivity index (χ4n) is 0.107. The minimum Gasteiger partial charge on any atom is -0.478 e. The molecule has 2 N–H and O–H groups in total. The molecular formula is C4H4O4. The van der Waals surface area contributed by atoms with Crippen molar-refractivity contribution >= 4 is 11.9 Å². The standard InChI is InChI=1S/C4H4O4/c5-3(6)1-2-4(7)8/h1-2H,(H,5,6)(H,7,8)/i1D,2D,3+1.